The van der Waals surface area contributed by atoms with Gasteiger partial charge in [0.15, 0.2) is 0 Å². The van der Waals surface area contributed by atoms with Crippen molar-refractivity contribution in [1.82, 2.24) is 4.90 Å². The van der Waals surface area contributed by atoms with Crippen LogP contribution in [0.1, 0.15) is 40.5 Å². The fourth-order valence-electron chi connectivity index (χ4n) is 2.15. The first-order valence-corrected chi connectivity index (χ1v) is 5.81. The fourth-order valence-corrected chi connectivity index (χ4v) is 2.15. The van der Waals surface area contributed by atoms with E-state index in [1.807, 2.05) is 0 Å². The molecular weight excluding hydrogens is 174 g/mol. The quantitative estimate of drug-likeness (QED) is 0.749. The second-order valence-electron chi connectivity index (χ2n) is 5.91. The number of rotatable bonds is 4. The summed E-state index contributed by atoms with van der Waals surface area (Å²) in [6, 6.07) is 0. The van der Waals surface area contributed by atoms with E-state index in [0.29, 0.717) is 0 Å². The number of aliphatic hydroxyl groups is 1. The lowest BCUT2D eigenvalue weighted by atomic mass is 9.88. The molecule has 1 saturated heterocycles. The van der Waals surface area contributed by atoms with Crippen LogP contribution in [0.5, 0.6) is 0 Å². The van der Waals surface area contributed by atoms with E-state index in [1.165, 1.54) is 19.5 Å². The van der Waals surface area contributed by atoms with Crippen molar-refractivity contribution in [2.24, 2.45) is 11.3 Å². The molecule has 0 aliphatic carbocycles. The summed E-state index contributed by atoms with van der Waals surface area (Å²) in [5.41, 5.74) is 0.244. The van der Waals surface area contributed by atoms with Gasteiger partial charge in [0.2, 0.25) is 0 Å². The summed E-state index contributed by atoms with van der Waals surface area (Å²) in [5, 5.41) is 9.84. The number of likely N-dealkylation sites (tertiary alicyclic amines) is 1. The van der Waals surface area contributed by atoms with Crippen LogP contribution in [0, 0.1) is 11.3 Å². The van der Waals surface area contributed by atoms with E-state index in [-0.39, 0.29) is 11.5 Å². The highest BCUT2D eigenvalue weighted by molar-refractivity contribution is 4.81. The third-order valence-electron chi connectivity index (χ3n) is 2.93. The standard InChI is InChI=1S/C12H25NO/c1-5-10-7-13(8-10)9-11(14)6-12(2,3)4/h10-11,14H,5-9H2,1-4H3. The Morgan fingerprint density at radius 1 is 1.36 bits per heavy atom. The molecule has 1 aliphatic rings. The molecule has 0 aromatic carbocycles. The van der Waals surface area contributed by atoms with Gasteiger partial charge in [-0.25, -0.2) is 0 Å². The van der Waals surface area contributed by atoms with E-state index in [0.717, 1.165) is 18.9 Å². The zero-order valence-electron chi connectivity index (χ0n) is 10.1. The second kappa shape index (κ2) is 4.63. The van der Waals surface area contributed by atoms with Gasteiger partial charge in [-0.05, 0) is 17.8 Å². The Bertz CT molecular complexity index is 168. The molecule has 1 rings (SSSR count). The van der Waals surface area contributed by atoms with Gasteiger partial charge in [0.05, 0.1) is 6.10 Å². The Morgan fingerprint density at radius 3 is 2.36 bits per heavy atom. The summed E-state index contributed by atoms with van der Waals surface area (Å²) in [7, 11) is 0. The average molecular weight is 199 g/mol. The monoisotopic (exact) mass is 199 g/mol. The maximum Gasteiger partial charge on any atom is 0.0672 e. The van der Waals surface area contributed by atoms with Crippen LogP contribution in [0.25, 0.3) is 0 Å². The summed E-state index contributed by atoms with van der Waals surface area (Å²) in [5.74, 6) is 0.886. The molecule has 0 amide bonds. The molecular formula is C12H25NO. The molecule has 1 heterocycles. The summed E-state index contributed by atoms with van der Waals surface area (Å²) >= 11 is 0. The van der Waals surface area contributed by atoms with E-state index in [1.54, 1.807) is 0 Å². The van der Waals surface area contributed by atoms with Crippen LogP contribution in [0.15, 0.2) is 0 Å². The number of aliphatic hydroxyl groups excluding tert-OH is 1. The molecule has 0 spiro atoms. The molecule has 0 radical (unpaired) electrons. The number of hydrogen-bond donors (Lipinski definition) is 1. The lowest BCUT2D eigenvalue weighted by Crippen LogP contribution is -2.49. The maximum atomic E-state index is 9.84. The Labute approximate surface area is 88.3 Å². The third-order valence-corrected chi connectivity index (χ3v) is 2.93. The molecule has 0 saturated carbocycles. The Hall–Kier alpha value is -0.0800. The van der Waals surface area contributed by atoms with E-state index in [9.17, 15) is 5.11 Å². The predicted molar refractivity (Wildman–Crippen MR) is 60.3 cm³/mol. The van der Waals surface area contributed by atoms with Crippen LogP contribution in [0.2, 0.25) is 0 Å². The Morgan fingerprint density at radius 2 is 1.93 bits per heavy atom. The van der Waals surface area contributed by atoms with Crippen molar-refractivity contribution in [2.75, 3.05) is 19.6 Å². The summed E-state index contributed by atoms with van der Waals surface area (Å²) < 4.78 is 0. The molecule has 14 heavy (non-hydrogen) atoms. The molecule has 1 unspecified atom stereocenters. The predicted octanol–water partition coefficient (Wildman–Crippen LogP) is 2.13. The molecule has 0 aromatic heterocycles. The molecule has 2 nitrogen and oxygen atoms in total. The molecule has 84 valence electrons. The molecule has 1 N–H and O–H groups in total. The summed E-state index contributed by atoms with van der Waals surface area (Å²) in [6.45, 7) is 12.0. The molecule has 0 bridgehead atoms. The van der Waals surface area contributed by atoms with Crippen molar-refractivity contribution in [3.05, 3.63) is 0 Å². The highest BCUT2D eigenvalue weighted by Crippen LogP contribution is 2.24. The molecule has 1 fully saturated rings. The first kappa shape index (κ1) is 12.0. The summed E-state index contributed by atoms with van der Waals surface area (Å²) in [4.78, 5) is 2.37. The highest BCUT2D eigenvalue weighted by Gasteiger charge is 2.27. The van der Waals surface area contributed by atoms with Crippen LogP contribution in [-0.2, 0) is 0 Å². The first-order chi connectivity index (χ1) is 6.40. The third kappa shape index (κ3) is 3.97. The summed E-state index contributed by atoms with van der Waals surface area (Å²) in [6.07, 6.45) is 2.04. The van der Waals surface area contributed by atoms with Crippen molar-refractivity contribution in [2.45, 2.75) is 46.6 Å². The number of β-amino-alcohol motifs (C(OH)–C–C–N with tert-alkyl or cyclic N) is 1. The number of nitrogens with zero attached hydrogens (tertiary/aromatic N) is 1. The topological polar surface area (TPSA) is 23.5 Å². The smallest absolute Gasteiger partial charge is 0.0672 e. The van der Waals surface area contributed by atoms with Crippen molar-refractivity contribution in [3.8, 4) is 0 Å². The van der Waals surface area contributed by atoms with Gasteiger partial charge in [0, 0.05) is 19.6 Å². The minimum absolute atomic E-state index is 0.146. The van der Waals surface area contributed by atoms with Crippen molar-refractivity contribution in [3.63, 3.8) is 0 Å². The first-order valence-electron chi connectivity index (χ1n) is 5.81. The maximum absolute atomic E-state index is 9.84. The van der Waals surface area contributed by atoms with Gasteiger partial charge in [-0.15, -0.1) is 0 Å². The van der Waals surface area contributed by atoms with Gasteiger partial charge >= 0.3 is 0 Å². The van der Waals surface area contributed by atoms with Crippen LogP contribution in [-0.4, -0.2) is 35.7 Å². The Kier molecular flexibility index (Phi) is 3.96. The largest absolute Gasteiger partial charge is 0.392 e. The van der Waals surface area contributed by atoms with Crippen molar-refractivity contribution in [1.29, 1.82) is 0 Å². The van der Waals surface area contributed by atoms with Gasteiger partial charge < -0.3 is 10.0 Å². The molecule has 0 aromatic rings. The van der Waals surface area contributed by atoms with Crippen molar-refractivity contribution >= 4 is 0 Å². The van der Waals surface area contributed by atoms with Crippen molar-refractivity contribution < 1.29 is 5.11 Å². The second-order valence-corrected chi connectivity index (χ2v) is 5.91. The Balaban J connectivity index is 2.13. The molecule has 1 aliphatic heterocycles. The highest BCUT2D eigenvalue weighted by atomic mass is 16.3. The average Bonchev–Trinajstić information content (AvgIpc) is 1.91. The minimum atomic E-state index is -0.146. The molecule has 2 heteroatoms. The van der Waals surface area contributed by atoms with Gasteiger partial charge in [-0.1, -0.05) is 34.1 Å². The van der Waals surface area contributed by atoms with Gasteiger partial charge in [-0.2, -0.15) is 0 Å². The van der Waals surface area contributed by atoms with Gasteiger partial charge in [0.1, 0.15) is 0 Å². The lowest BCUT2D eigenvalue weighted by molar-refractivity contribution is 0.0226. The normalized spacial score (nSPS) is 22.1. The van der Waals surface area contributed by atoms with E-state index < -0.39 is 0 Å². The van der Waals surface area contributed by atoms with Crippen LogP contribution < -0.4 is 0 Å². The zero-order chi connectivity index (χ0) is 10.8. The van der Waals surface area contributed by atoms with Gasteiger partial charge in [0.25, 0.3) is 0 Å². The van der Waals surface area contributed by atoms with E-state index >= 15 is 0 Å². The minimum Gasteiger partial charge on any atom is -0.392 e. The lowest BCUT2D eigenvalue weighted by Gasteiger charge is -2.40. The van der Waals surface area contributed by atoms with Crippen LogP contribution in [0.3, 0.4) is 0 Å². The van der Waals surface area contributed by atoms with E-state index in [4.69, 9.17) is 0 Å². The van der Waals surface area contributed by atoms with Crippen LogP contribution >= 0.6 is 0 Å². The van der Waals surface area contributed by atoms with Crippen LogP contribution in [0.4, 0.5) is 0 Å². The SMILES string of the molecule is CCC1CN(CC(O)CC(C)(C)C)C1. The van der Waals surface area contributed by atoms with E-state index in [2.05, 4.69) is 32.6 Å². The van der Waals surface area contributed by atoms with Gasteiger partial charge in [-0.3, -0.25) is 0 Å². The number of hydrogen-bond acceptors (Lipinski definition) is 2. The fraction of sp³-hybridized carbons (Fsp3) is 1.00. The molecule has 1 atom stereocenters. The zero-order valence-corrected chi connectivity index (χ0v) is 10.1.